The van der Waals surface area contributed by atoms with Crippen LogP contribution >= 0.6 is 15.9 Å². The Morgan fingerprint density at radius 1 is 1.47 bits per heavy atom. The first kappa shape index (κ1) is 12.6. The molecule has 94 valence electrons. The summed E-state index contributed by atoms with van der Waals surface area (Å²) in [7, 11) is 1.89. The van der Waals surface area contributed by atoms with E-state index in [1.807, 2.05) is 18.0 Å². The van der Waals surface area contributed by atoms with Crippen molar-refractivity contribution in [2.24, 2.45) is 7.05 Å². The van der Waals surface area contributed by atoms with Gasteiger partial charge in [-0.3, -0.25) is 14.4 Å². The van der Waals surface area contributed by atoms with E-state index in [1.54, 1.807) is 4.68 Å². The highest BCUT2D eigenvalue weighted by molar-refractivity contribution is 9.09. The third-order valence-corrected chi connectivity index (χ3v) is 3.59. The Balaban J connectivity index is 2.34. The molecule has 17 heavy (non-hydrogen) atoms. The van der Waals surface area contributed by atoms with Gasteiger partial charge in [-0.05, 0) is 0 Å². The molecule has 0 aromatic carbocycles. The van der Waals surface area contributed by atoms with Crippen LogP contribution in [0.2, 0.25) is 0 Å². The molecule has 1 aromatic rings. The standard InChI is InChI=1S/C12H18BrN3O/c1-12(2,3)9-6-10(15(4)14-9)16-7-8(13)5-11(16)17/h6,8H,5,7H2,1-4H3. The molecule has 1 atom stereocenters. The maximum atomic E-state index is 11.9. The lowest BCUT2D eigenvalue weighted by Crippen LogP contribution is -2.26. The number of alkyl halides is 1. The van der Waals surface area contributed by atoms with Gasteiger partial charge in [0.2, 0.25) is 5.91 Å². The van der Waals surface area contributed by atoms with Crippen LogP contribution in [-0.4, -0.2) is 27.1 Å². The fraction of sp³-hybridized carbons (Fsp3) is 0.667. The molecule has 1 fully saturated rings. The summed E-state index contributed by atoms with van der Waals surface area (Å²) in [6, 6.07) is 2.02. The molecule has 1 aromatic heterocycles. The third kappa shape index (κ3) is 2.39. The Bertz CT molecular complexity index is 447. The monoisotopic (exact) mass is 299 g/mol. The lowest BCUT2D eigenvalue weighted by atomic mass is 9.92. The number of carbonyl (C=O) groups is 1. The predicted molar refractivity (Wildman–Crippen MR) is 71.6 cm³/mol. The Morgan fingerprint density at radius 3 is 2.53 bits per heavy atom. The largest absolute Gasteiger partial charge is 0.296 e. The number of amides is 1. The summed E-state index contributed by atoms with van der Waals surface area (Å²) in [5.74, 6) is 1.05. The van der Waals surface area contributed by atoms with Crippen molar-refractivity contribution in [2.45, 2.75) is 37.4 Å². The zero-order valence-corrected chi connectivity index (χ0v) is 12.3. The van der Waals surface area contributed by atoms with Gasteiger partial charge in [0.25, 0.3) is 0 Å². The minimum Gasteiger partial charge on any atom is -0.296 e. The van der Waals surface area contributed by atoms with Crippen molar-refractivity contribution in [3.05, 3.63) is 11.8 Å². The van der Waals surface area contributed by atoms with Crippen LogP contribution in [0.3, 0.4) is 0 Å². The number of aromatic nitrogens is 2. The van der Waals surface area contributed by atoms with E-state index >= 15 is 0 Å². The lowest BCUT2D eigenvalue weighted by Gasteiger charge is -2.15. The topological polar surface area (TPSA) is 38.1 Å². The number of aryl methyl sites for hydroxylation is 1. The highest BCUT2D eigenvalue weighted by Crippen LogP contribution is 2.29. The normalized spacial score (nSPS) is 21.4. The number of nitrogens with zero attached hydrogens (tertiary/aromatic N) is 3. The fourth-order valence-corrected chi connectivity index (χ4v) is 2.53. The van der Waals surface area contributed by atoms with Crippen LogP contribution in [0.25, 0.3) is 0 Å². The van der Waals surface area contributed by atoms with Crippen LogP contribution in [0, 0.1) is 0 Å². The van der Waals surface area contributed by atoms with E-state index in [0.717, 1.165) is 18.1 Å². The van der Waals surface area contributed by atoms with E-state index in [-0.39, 0.29) is 16.1 Å². The van der Waals surface area contributed by atoms with Crippen LogP contribution in [0.15, 0.2) is 6.07 Å². The zero-order valence-electron chi connectivity index (χ0n) is 10.7. The molecule has 2 heterocycles. The number of rotatable bonds is 1. The van der Waals surface area contributed by atoms with Gasteiger partial charge in [0.15, 0.2) is 0 Å². The molecule has 1 saturated heterocycles. The van der Waals surface area contributed by atoms with E-state index in [9.17, 15) is 4.79 Å². The number of hydrogen-bond donors (Lipinski definition) is 0. The highest BCUT2D eigenvalue weighted by Gasteiger charge is 2.31. The van der Waals surface area contributed by atoms with E-state index in [1.165, 1.54) is 0 Å². The Labute approximate surface area is 110 Å². The van der Waals surface area contributed by atoms with Crippen molar-refractivity contribution < 1.29 is 4.79 Å². The van der Waals surface area contributed by atoms with E-state index in [4.69, 9.17) is 0 Å². The van der Waals surface area contributed by atoms with Gasteiger partial charge in [0.1, 0.15) is 5.82 Å². The Hall–Kier alpha value is -0.840. The number of anilines is 1. The highest BCUT2D eigenvalue weighted by atomic mass is 79.9. The average Bonchev–Trinajstić information content (AvgIpc) is 2.68. The number of carbonyl (C=O) groups excluding carboxylic acids is 1. The van der Waals surface area contributed by atoms with Gasteiger partial charge in [0.05, 0.1) is 5.69 Å². The predicted octanol–water partition coefficient (Wildman–Crippen LogP) is 2.22. The van der Waals surface area contributed by atoms with Crippen molar-refractivity contribution in [2.75, 3.05) is 11.4 Å². The molecule has 0 aliphatic carbocycles. The van der Waals surface area contributed by atoms with Gasteiger partial charge < -0.3 is 0 Å². The van der Waals surface area contributed by atoms with E-state index in [0.29, 0.717) is 6.42 Å². The molecular weight excluding hydrogens is 282 g/mol. The summed E-state index contributed by atoms with van der Waals surface area (Å²) < 4.78 is 1.80. The van der Waals surface area contributed by atoms with Crippen LogP contribution in [-0.2, 0) is 17.3 Å². The summed E-state index contributed by atoms with van der Waals surface area (Å²) in [5, 5.41) is 4.49. The van der Waals surface area contributed by atoms with Crippen LogP contribution in [0.1, 0.15) is 32.9 Å². The molecule has 1 unspecified atom stereocenters. The van der Waals surface area contributed by atoms with Crippen LogP contribution in [0.4, 0.5) is 5.82 Å². The molecule has 2 rings (SSSR count). The fourth-order valence-electron chi connectivity index (χ4n) is 1.96. The molecule has 0 bridgehead atoms. The maximum Gasteiger partial charge on any atom is 0.229 e. The van der Waals surface area contributed by atoms with Crippen LogP contribution < -0.4 is 4.90 Å². The van der Waals surface area contributed by atoms with E-state index < -0.39 is 0 Å². The summed E-state index contributed by atoms with van der Waals surface area (Å²) in [6.07, 6.45) is 0.566. The Kier molecular flexibility index (Phi) is 3.06. The summed E-state index contributed by atoms with van der Waals surface area (Å²) in [5.41, 5.74) is 1.02. The molecule has 4 nitrogen and oxygen atoms in total. The van der Waals surface area contributed by atoms with Gasteiger partial charge in [0, 0.05) is 36.3 Å². The minimum absolute atomic E-state index is 0.00653. The molecule has 0 radical (unpaired) electrons. The zero-order chi connectivity index (χ0) is 12.8. The van der Waals surface area contributed by atoms with E-state index in [2.05, 4.69) is 41.8 Å². The molecule has 0 saturated carbocycles. The van der Waals surface area contributed by atoms with Crippen molar-refractivity contribution in [1.82, 2.24) is 9.78 Å². The number of hydrogen-bond acceptors (Lipinski definition) is 2. The van der Waals surface area contributed by atoms with Crippen molar-refractivity contribution in [1.29, 1.82) is 0 Å². The van der Waals surface area contributed by atoms with Gasteiger partial charge in [-0.15, -0.1) is 0 Å². The first-order valence-electron chi connectivity index (χ1n) is 5.78. The van der Waals surface area contributed by atoms with Crippen LogP contribution in [0.5, 0.6) is 0 Å². The van der Waals surface area contributed by atoms with Gasteiger partial charge in [-0.2, -0.15) is 5.10 Å². The Morgan fingerprint density at radius 2 is 2.12 bits per heavy atom. The van der Waals surface area contributed by atoms with Crippen molar-refractivity contribution in [3.63, 3.8) is 0 Å². The minimum atomic E-state index is 0.00653. The average molecular weight is 300 g/mol. The second-order valence-electron chi connectivity index (χ2n) is 5.57. The molecule has 1 amide bonds. The lowest BCUT2D eigenvalue weighted by molar-refractivity contribution is -0.117. The smallest absolute Gasteiger partial charge is 0.229 e. The quantitative estimate of drug-likeness (QED) is 0.746. The third-order valence-electron chi connectivity index (χ3n) is 2.98. The molecule has 0 N–H and O–H groups in total. The molecule has 1 aliphatic rings. The summed E-state index contributed by atoms with van der Waals surface area (Å²) in [4.78, 5) is 13.9. The summed E-state index contributed by atoms with van der Waals surface area (Å²) >= 11 is 3.50. The first-order valence-corrected chi connectivity index (χ1v) is 6.69. The van der Waals surface area contributed by atoms with Gasteiger partial charge in [-0.1, -0.05) is 36.7 Å². The first-order chi connectivity index (χ1) is 7.79. The molecule has 5 heteroatoms. The second kappa shape index (κ2) is 4.12. The molecule has 1 aliphatic heterocycles. The van der Waals surface area contributed by atoms with Crippen molar-refractivity contribution in [3.8, 4) is 0 Å². The SMILES string of the molecule is Cn1nc(C(C)(C)C)cc1N1CC(Br)CC1=O. The summed E-state index contributed by atoms with van der Waals surface area (Å²) in [6.45, 7) is 7.09. The van der Waals surface area contributed by atoms with Crippen molar-refractivity contribution >= 4 is 27.7 Å². The second-order valence-corrected chi connectivity index (χ2v) is 6.86. The molecule has 0 spiro atoms. The van der Waals surface area contributed by atoms with Gasteiger partial charge >= 0.3 is 0 Å². The maximum absolute atomic E-state index is 11.9. The number of halogens is 1. The molecular formula is C12H18BrN3O. The van der Waals surface area contributed by atoms with Gasteiger partial charge in [-0.25, -0.2) is 0 Å².